The zero-order valence-electron chi connectivity index (χ0n) is 15.5. The number of nitrogens with one attached hydrogen (secondary N) is 1. The fraction of sp³-hybridized carbons (Fsp3) is 0.0435. The van der Waals surface area contributed by atoms with Gasteiger partial charge in [0.15, 0.2) is 0 Å². The van der Waals surface area contributed by atoms with Gasteiger partial charge in [-0.15, -0.1) is 0 Å². The highest BCUT2D eigenvalue weighted by atomic mass is 79.9. The number of rotatable bonds is 6. The van der Waals surface area contributed by atoms with Crippen LogP contribution in [0.1, 0.15) is 11.1 Å². The van der Waals surface area contributed by atoms with Crippen molar-refractivity contribution in [2.24, 2.45) is 0 Å². The Hall–Kier alpha value is -2.95. The van der Waals surface area contributed by atoms with Crippen molar-refractivity contribution < 1.29 is 13.9 Å². The van der Waals surface area contributed by atoms with Crippen molar-refractivity contribution in [1.29, 1.82) is 5.26 Å². The van der Waals surface area contributed by atoms with E-state index in [2.05, 4.69) is 37.2 Å². The third-order valence-electron chi connectivity index (χ3n) is 4.10. The second-order valence-corrected chi connectivity index (χ2v) is 7.88. The number of ether oxygens (including phenoxy) is 1. The van der Waals surface area contributed by atoms with Gasteiger partial charge in [-0.25, -0.2) is 4.39 Å². The van der Waals surface area contributed by atoms with Gasteiger partial charge < -0.3 is 10.1 Å². The summed E-state index contributed by atoms with van der Waals surface area (Å²) in [7, 11) is 0. The molecule has 30 heavy (non-hydrogen) atoms. The Balaban J connectivity index is 1.73. The van der Waals surface area contributed by atoms with Crippen LogP contribution in [0.15, 0.2) is 81.2 Å². The largest absolute Gasteiger partial charge is 0.488 e. The lowest BCUT2D eigenvalue weighted by Gasteiger charge is -2.10. The molecule has 0 spiro atoms. The fourth-order valence-electron chi connectivity index (χ4n) is 2.56. The quantitative estimate of drug-likeness (QED) is 0.294. The SMILES string of the molecule is N#C/C(=C\c1ccc(OCc2ccccc2Br)c(Br)c1)C(=O)Nc1ccccc1F. The van der Waals surface area contributed by atoms with Crippen LogP contribution in [0.4, 0.5) is 10.1 Å². The summed E-state index contributed by atoms with van der Waals surface area (Å²) in [4.78, 5) is 12.3. The number of carbonyl (C=O) groups excluding carboxylic acids is 1. The summed E-state index contributed by atoms with van der Waals surface area (Å²) < 4.78 is 21.2. The van der Waals surface area contributed by atoms with Crippen LogP contribution >= 0.6 is 31.9 Å². The molecule has 0 aliphatic carbocycles. The number of hydrogen-bond donors (Lipinski definition) is 1. The average molecular weight is 530 g/mol. The van der Waals surface area contributed by atoms with E-state index >= 15 is 0 Å². The second-order valence-electron chi connectivity index (χ2n) is 6.17. The number of anilines is 1. The molecule has 150 valence electrons. The standard InChI is InChI=1S/C23H15Br2FN2O2/c24-18-6-2-1-5-16(18)14-30-22-10-9-15(12-19(22)25)11-17(13-27)23(29)28-21-8-4-3-7-20(21)26/h1-12H,14H2,(H,28,29)/b17-11+. The Labute approximate surface area is 190 Å². The lowest BCUT2D eigenvalue weighted by Crippen LogP contribution is -2.14. The van der Waals surface area contributed by atoms with Crippen molar-refractivity contribution in [3.05, 3.63) is 98.2 Å². The van der Waals surface area contributed by atoms with Crippen molar-refractivity contribution in [2.45, 2.75) is 6.61 Å². The van der Waals surface area contributed by atoms with Crippen molar-refractivity contribution >= 4 is 49.5 Å². The zero-order valence-corrected chi connectivity index (χ0v) is 18.7. The lowest BCUT2D eigenvalue weighted by atomic mass is 10.1. The first kappa shape index (κ1) is 21.8. The molecule has 3 aromatic carbocycles. The average Bonchev–Trinajstić information content (AvgIpc) is 2.74. The Morgan fingerprint density at radius 2 is 1.80 bits per heavy atom. The molecule has 0 saturated carbocycles. The van der Waals surface area contributed by atoms with Gasteiger partial charge in [0.25, 0.3) is 5.91 Å². The highest BCUT2D eigenvalue weighted by molar-refractivity contribution is 9.10. The van der Waals surface area contributed by atoms with Gasteiger partial charge in [-0.3, -0.25) is 4.79 Å². The molecule has 3 aromatic rings. The molecule has 0 bridgehead atoms. The van der Waals surface area contributed by atoms with E-state index in [0.717, 1.165) is 10.0 Å². The Morgan fingerprint density at radius 3 is 2.50 bits per heavy atom. The molecule has 1 amide bonds. The third kappa shape index (κ3) is 5.56. The van der Waals surface area contributed by atoms with Crippen molar-refractivity contribution in [2.75, 3.05) is 5.32 Å². The van der Waals surface area contributed by atoms with Gasteiger partial charge in [0, 0.05) is 10.0 Å². The van der Waals surface area contributed by atoms with Gasteiger partial charge in [0.2, 0.25) is 0 Å². The lowest BCUT2D eigenvalue weighted by molar-refractivity contribution is -0.112. The summed E-state index contributed by atoms with van der Waals surface area (Å²) in [5.74, 6) is -0.636. The maximum absolute atomic E-state index is 13.7. The molecule has 0 heterocycles. The maximum Gasteiger partial charge on any atom is 0.266 e. The van der Waals surface area contributed by atoms with Gasteiger partial charge in [-0.2, -0.15) is 5.26 Å². The van der Waals surface area contributed by atoms with E-state index in [1.807, 2.05) is 30.3 Å². The molecule has 4 nitrogen and oxygen atoms in total. The summed E-state index contributed by atoms with van der Waals surface area (Å²) in [6.07, 6.45) is 1.43. The van der Waals surface area contributed by atoms with Crippen molar-refractivity contribution in [1.82, 2.24) is 0 Å². The summed E-state index contributed by atoms with van der Waals surface area (Å²) in [6, 6.07) is 20.6. The number of nitrogens with zero attached hydrogens (tertiary/aromatic N) is 1. The second kappa shape index (κ2) is 10.2. The number of amides is 1. The van der Waals surface area contributed by atoms with Crippen LogP contribution in [0.5, 0.6) is 5.75 Å². The van der Waals surface area contributed by atoms with Crippen LogP contribution in [0, 0.1) is 17.1 Å². The molecule has 7 heteroatoms. The van der Waals surface area contributed by atoms with Crippen molar-refractivity contribution in [3.63, 3.8) is 0 Å². The van der Waals surface area contributed by atoms with Gasteiger partial charge in [0.05, 0.1) is 10.2 Å². The molecule has 0 aliphatic heterocycles. The minimum absolute atomic E-state index is 0.0145. The highest BCUT2D eigenvalue weighted by Gasteiger charge is 2.12. The van der Waals surface area contributed by atoms with Gasteiger partial charge in [-0.05, 0) is 57.9 Å². The smallest absolute Gasteiger partial charge is 0.266 e. The van der Waals surface area contributed by atoms with E-state index in [9.17, 15) is 14.4 Å². The zero-order chi connectivity index (χ0) is 21.5. The van der Waals surface area contributed by atoms with Gasteiger partial charge >= 0.3 is 0 Å². The summed E-state index contributed by atoms with van der Waals surface area (Å²) in [5, 5.41) is 11.8. The molecule has 0 unspecified atom stereocenters. The minimum Gasteiger partial charge on any atom is -0.488 e. The van der Waals surface area contributed by atoms with Crippen LogP contribution in [0.3, 0.4) is 0 Å². The van der Waals surface area contributed by atoms with Crippen LogP contribution < -0.4 is 10.1 Å². The molecule has 0 fully saturated rings. The molecule has 0 saturated heterocycles. The predicted octanol–water partition coefficient (Wildman–Crippen LogP) is 6.48. The monoisotopic (exact) mass is 528 g/mol. The molecule has 0 radical (unpaired) electrons. The number of benzene rings is 3. The van der Waals surface area contributed by atoms with Gasteiger partial charge in [-0.1, -0.05) is 52.3 Å². The molecule has 0 aliphatic rings. The molecule has 0 atom stereocenters. The number of carbonyl (C=O) groups is 1. The first-order valence-electron chi connectivity index (χ1n) is 8.81. The van der Waals surface area contributed by atoms with E-state index in [1.165, 1.54) is 24.3 Å². The molecule has 0 aromatic heterocycles. The Bertz CT molecular complexity index is 1160. The number of hydrogen-bond acceptors (Lipinski definition) is 3. The molecular weight excluding hydrogens is 515 g/mol. The maximum atomic E-state index is 13.7. The molecule has 3 rings (SSSR count). The summed E-state index contributed by atoms with van der Waals surface area (Å²) in [6.45, 7) is 0.379. The van der Waals surface area contributed by atoms with Crippen LogP contribution in [0.2, 0.25) is 0 Å². The first-order chi connectivity index (χ1) is 14.5. The third-order valence-corrected chi connectivity index (χ3v) is 5.49. The summed E-state index contributed by atoms with van der Waals surface area (Å²) in [5.41, 5.74) is 1.49. The number of para-hydroxylation sites is 1. The normalized spacial score (nSPS) is 10.9. The van der Waals surface area contributed by atoms with E-state index in [-0.39, 0.29) is 11.3 Å². The van der Waals surface area contributed by atoms with Crippen LogP contribution in [0.25, 0.3) is 6.08 Å². The van der Waals surface area contributed by atoms with E-state index in [0.29, 0.717) is 22.4 Å². The molecule has 1 N–H and O–H groups in total. The number of halogens is 3. The van der Waals surface area contributed by atoms with Gasteiger partial charge in [0.1, 0.15) is 29.8 Å². The number of nitriles is 1. The van der Waals surface area contributed by atoms with Crippen LogP contribution in [-0.2, 0) is 11.4 Å². The predicted molar refractivity (Wildman–Crippen MR) is 121 cm³/mol. The fourth-order valence-corrected chi connectivity index (χ4v) is 3.47. The molecular formula is C23H15Br2FN2O2. The van der Waals surface area contributed by atoms with E-state index < -0.39 is 11.7 Å². The van der Waals surface area contributed by atoms with E-state index in [1.54, 1.807) is 24.3 Å². The highest BCUT2D eigenvalue weighted by Crippen LogP contribution is 2.28. The summed E-state index contributed by atoms with van der Waals surface area (Å²) >= 11 is 6.94. The van der Waals surface area contributed by atoms with Crippen LogP contribution in [-0.4, -0.2) is 5.91 Å². The first-order valence-corrected chi connectivity index (χ1v) is 10.4. The van der Waals surface area contributed by atoms with Crippen molar-refractivity contribution in [3.8, 4) is 11.8 Å². The topological polar surface area (TPSA) is 62.1 Å². The minimum atomic E-state index is -0.687. The Kier molecular flexibility index (Phi) is 7.39. The Morgan fingerprint density at radius 1 is 1.07 bits per heavy atom. The van der Waals surface area contributed by atoms with E-state index in [4.69, 9.17) is 4.74 Å².